The summed E-state index contributed by atoms with van der Waals surface area (Å²) in [7, 11) is 0. The number of aromatic nitrogens is 2. The highest BCUT2D eigenvalue weighted by Crippen LogP contribution is 2.32. The lowest BCUT2D eigenvalue weighted by Crippen LogP contribution is -2.19. The van der Waals surface area contributed by atoms with Crippen LogP contribution in [-0.4, -0.2) is 9.59 Å². The molecule has 1 unspecified atom stereocenters. The smallest absolute Gasteiger partial charge is 0.123 e. The van der Waals surface area contributed by atoms with Gasteiger partial charge in [0.25, 0.3) is 0 Å². The molecule has 0 aliphatic heterocycles. The van der Waals surface area contributed by atoms with E-state index in [0.29, 0.717) is 0 Å². The van der Waals surface area contributed by atoms with E-state index in [9.17, 15) is 4.39 Å². The summed E-state index contributed by atoms with van der Waals surface area (Å²) in [5.74, 6) is -0.260. The number of benzene rings is 1. The van der Waals surface area contributed by atoms with E-state index < -0.39 is 0 Å². The largest absolute Gasteiger partial charge is 0.320 e. The molecule has 18 heavy (non-hydrogen) atoms. The van der Waals surface area contributed by atoms with Gasteiger partial charge < -0.3 is 5.73 Å². The van der Waals surface area contributed by atoms with Crippen molar-refractivity contribution in [3.8, 4) is 0 Å². The molecular weight excluding hydrogens is 249 g/mol. The maximum Gasteiger partial charge on any atom is 0.123 e. The van der Waals surface area contributed by atoms with Crippen molar-refractivity contribution < 1.29 is 4.39 Å². The number of nitrogens with zero attached hydrogens (tertiary/aromatic N) is 2. The fourth-order valence-electron chi connectivity index (χ4n) is 1.74. The fourth-order valence-corrected chi connectivity index (χ4v) is 2.64. The molecule has 2 aromatic rings. The molecule has 0 aliphatic carbocycles. The van der Waals surface area contributed by atoms with Crippen LogP contribution in [0.3, 0.4) is 0 Å². The van der Waals surface area contributed by atoms with Crippen molar-refractivity contribution in [3.05, 3.63) is 46.2 Å². The molecule has 0 bridgehead atoms. The standard InChI is InChI=1S/C13H16FN3S/c1-13(2,3)12-11(18-17-16-12)10(15)8-4-6-9(14)7-5-8/h4-7,10H,15H2,1-3H3. The molecule has 96 valence electrons. The van der Waals surface area contributed by atoms with Gasteiger partial charge in [-0.05, 0) is 29.2 Å². The van der Waals surface area contributed by atoms with E-state index >= 15 is 0 Å². The first-order valence-corrected chi connectivity index (χ1v) is 6.50. The van der Waals surface area contributed by atoms with Gasteiger partial charge in [-0.25, -0.2) is 4.39 Å². The van der Waals surface area contributed by atoms with Crippen LogP contribution in [0.4, 0.5) is 4.39 Å². The third-order valence-corrected chi connectivity index (χ3v) is 3.54. The van der Waals surface area contributed by atoms with Crippen molar-refractivity contribution in [3.63, 3.8) is 0 Å². The van der Waals surface area contributed by atoms with Gasteiger partial charge in [-0.2, -0.15) is 0 Å². The third kappa shape index (κ3) is 2.57. The zero-order valence-corrected chi connectivity index (χ0v) is 11.5. The first kappa shape index (κ1) is 13.1. The number of nitrogens with two attached hydrogens (primary N) is 1. The van der Waals surface area contributed by atoms with Gasteiger partial charge in [-0.1, -0.05) is 37.4 Å². The van der Waals surface area contributed by atoms with Crippen molar-refractivity contribution in [2.24, 2.45) is 5.73 Å². The number of halogens is 1. The predicted octanol–water partition coefficient (Wildman–Crippen LogP) is 3.02. The molecule has 0 fully saturated rings. The molecule has 2 N–H and O–H groups in total. The zero-order chi connectivity index (χ0) is 13.3. The third-order valence-electron chi connectivity index (χ3n) is 2.74. The molecule has 1 aromatic heterocycles. The van der Waals surface area contributed by atoms with Crippen LogP contribution in [0.2, 0.25) is 0 Å². The van der Waals surface area contributed by atoms with E-state index in [-0.39, 0.29) is 17.3 Å². The molecule has 5 heteroatoms. The Hall–Kier alpha value is -1.33. The first-order chi connectivity index (χ1) is 8.39. The summed E-state index contributed by atoms with van der Waals surface area (Å²) in [6.45, 7) is 6.22. The summed E-state index contributed by atoms with van der Waals surface area (Å²) in [5.41, 5.74) is 7.89. The molecule has 1 aromatic carbocycles. The van der Waals surface area contributed by atoms with Gasteiger partial charge in [0.05, 0.1) is 16.6 Å². The average molecular weight is 265 g/mol. The maximum absolute atomic E-state index is 12.9. The molecule has 3 nitrogen and oxygen atoms in total. The molecule has 2 rings (SSSR count). The Morgan fingerprint density at radius 2 is 1.83 bits per heavy atom. The minimum Gasteiger partial charge on any atom is -0.320 e. The van der Waals surface area contributed by atoms with E-state index in [1.165, 1.54) is 23.7 Å². The molecule has 1 atom stereocenters. The number of hydrogen-bond donors (Lipinski definition) is 1. The molecule has 1 heterocycles. The van der Waals surface area contributed by atoms with Crippen LogP contribution >= 0.6 is 11.5 Å². The second-order valence-electron chi connectivity index (χ2n) is 5.27. The van der Waals surface area contributed by atoms with Crippen LogP contribution in [0.15, 0.2) is 24.3 Å². The second-order valence-corrected chi connectivity index (χ2v) is 6.05. The van der Waals surface area contributed by atoms with Crippen molar-refractivity contribution in [1.29, 1.82) is 0 Å². The Bertz CT molecular complexity index is 528. The Morgan fingerprint density at radius 3 is 2.39 bits per heavy atom. The van der Waals surface area contributed by atoms with Crippen LogP contribution in [0.1, 0.15) is 42.9 Å². The molecule has 0 radical (unpaired) electrons. The van der Waals surface area contributed by atoms with E-state index in [2.05, 4.69) is 30.4 Å². The Labute approximate surface area is 110 Å². The summed E-state index contributed by atoms with van der Waals surface area (Å²) in [6.07, 6.45) is 0. The Kier molecular flexibility index (Phi) is 3.45. The van der Waals surface area contributed by atoms with Crippen molar-refractivity contribution in [2.75, 3.05) is 0 Å². The molecule has 0 saturated carbocycles. The lowest BCUT2D eigenvalue weighted by molar-refractivity contribution is 0.556. The normalized spacial score (nSPS) is 13.6. The number of rotatable bonds is 2. The summed E-state index contributed by atoms with van der Waals surface area (Å²) in [6, 6.07) is 5.93. The molecule has 0 saturated heterocycles. The molecular formula is C13H16FN3S. The maximum atomic E-state index is 12.9. The van der Waals surface area contributed by atoms with E-state index in [1.807, 2.05) is 0 Å². The quantitative estimate of drug-likeness (QED) is 0.908. The summed E-state index contributed by atoms with van der Waals surface area (Å²) in [5, 5.41) is 4.17. The monoisotopic (exact) mass is 265 g/mol. The SMILES string of the molecule is CC(C)(C)c1nnsc1C(N)c1ccc(F)cc1. The Morgan fingerprint density at radius 1 is 1.22 bits per heavy atom. The fraction of sp³-hybridized carbons (Fsp3) is 0.385. The van der Waals surface area contributed by atoms with Crippen LogP contribution in [-0.2, 0) is 5.41 Å². The van der Waals surface area contributed by atoms with Gasteiger partial charge in [-0.15, -0.1) is 5.10 Å². The van der Waals surface area contributed by atoms with Crippen molar-refractivity contribution in [1.82, 2.24) is 9.59 Å². The first-order valence-electron chi connectivity index (χ1n) is 5.73. The minimum atomic E-state index is -0.306. The molecule has 0 aliphatic rings. The van der Waals surface area contributed by atoms with Crippen molar-refractivity contribution >= 4 is 11.5 Å². The highest BCUT2D eigenvalue weighted by atomic mass is 32.1. The summed E-state index contributed by atoms with van der Waals surface area (Å²) in [4.78, 5) is 0.939. The highest BCUT2D eigenvalue weighted by Gasteiger charge is 2.26. The van der Waals surface area contributed by atoms with Gasteiger partial charge in [0, 0.05) is 5.41 Å². The minimum absolute atomic E-state index is 0.0972. The lowest BCUT2D eigenvalue weighted by Gasteiger charge is -2.19. The average Bonchev–Trinajstić information content (AvgIpc) is 2.77. The van der Waals surface area contributed by atoms with E-state index in [1.54, 1.807) is 12.1 Å². The van der Waals surface area contributed by atoms with Crippen LogP contribution < -0.4 is 5.73 Å². The predicted molar refractivity (Wildman–Crippen MR) is 71.0 cm³/mol. The van der Waals surface area contributed by atoms with E-state index in [0.717, 1.165) is 16.1 Å². The Balaban J connectivity index is 2.37. The summed E-state index contributed by atoms with van der Waals surface area (Å²) >= 11 is 1.30. The zero-order valence-electron chi connectivity index (χ0n) is 10.6. The van der Waals surface area contributed by atoms with Gasteiger partial charge in [0.2, 0.25) is 0 Å². The van der Waals surface area contributed by atoms with Gasteiger partial charge in [0.15, 0.2) is 0 Å². The lowest BCUT2D eigenvalue weighted by atomic mass is 9.89. The second kappa shape index (κ2) is 4.74. The van der Waals surface area contributed by atoms with Gasteiger partial charge in [0.1, 0.15) is 5.82 Å². The van der Waals surface area contributed by atoms with Crippen molar-refractivity contribution in [2.45, 2.75) is 32.2 Å². The molecule has 0 spiro atoms. The van der Waals surface area contributed by atoms with Crippen LogP contribution in [0.5, 0.6) is 0 Å². The van der Waals surface area contributed by atoms with Gasteiger partial charge in [-0.3, -0.25) is 0 Å². The topological polar surface area (TPSA) is 51.8 Å². The van der Waals surface area contributed by atoms with E-state index in [4.69, 9.17) is 5.73 Å². The van der Waals surface area contributed by atoms with Crippen LogP contribution in [0.25, 0.3) is 0 Å². The summed E-state index contributed by atoms with van der Waals surface area (Å²) < 4.78 is 16.9. The molecule has 0 amide bonds. The van der Waals surface area contributed by atoms with Gasteiger partial charge >= 0.3 is 0 Å². The van der Waals surface area contributed by atoms with Crippen LogP contribution in [0, 0.1) is 5.82 Å². The highest BCUT2D eigenvalue weighted by molar-refractivity contribution is 7.05. The number of hydrogen-bond acceptors (Lipinski definition) is 4.